The van der Waals surface area contributed by atoms with Crippen molar-refractivity contribution in [3.63, 3.8) is 0 Å². The minimum Gasteiger partial charge on any atom is -0.313 e. The lowest BCUT2D eigenvalue weighted by atomic mass is 10.1. The normalized spacial score (nSPS) is 18.5. The van der Waals surface area contributed by atoms with Gasteiger partial charge in [-0.25, -0.2) is 4.99 Å². The highest BCUT2D eigenvalue weighted by Gasteiger charge is 2.30. The average Bonchev–Trinajstić information content (AvgIpc) is 2.74. The lowest BCUT2D eigenvalue weighted by Crippen LogP contribution is -2.35. The number of rotatable bonds is 0. The van der Waals surface area contributed by atoms with Gasteiger partial charge in [0.05, 0.1) is 12.1 Å². The van der Waals surface area contributed by atoms with E-state index in [1.807, 2.05) is 0 Å². The molecule has 0 radical (unpaired) electrons. The minimum atomic E-state index is 0.899. The van der Waals surface area contributed by atoms with Crippen molar-refractivity contribution in [3.05, 3.63) is 16.0 Å². The van der Waals surface area contributed by atoms with Gasteiger partial charge in [0.15, 0.2) is 0 Å². The highest BCUT2D eigenvalue weighted by atomic mass is 32.1. The third-order valence-electron chi connectivity index (χ3n) is 3.09. The Kier molecular flexibility index (Phi) is 1.77. The fraction of sp³-hybridized carbons (Fsp3) is 0.455. The number of amidine groups is 2. The van der Waals surface area contributed by atoms with Gasteiger partial charge < -0.3 is 4.90 Å². The molecule has 0 fully saturated rings. The zero-order valence-corrected chi connectivity index (χ0v) is 9.98. The second-order valence-corrected chi connectivity index (χ2v) is 5.18. The zero-order valence-electron chi connectivity index (χ0n) is 9.16. The quantitative estimate of drug-likeness (QED) is 0.659. The number of hydrogen-bond acceptors (Lipinski definition) is 4. The Labute approximate surface area is 93.2 Å². The van der Waals surface area contributed by atoms with Gasteiger partial charge in [0.2, 0.25) is 0 Å². The topological polar surface area (TPSA) is 28.0 Å². The molecule has 15 heavy (non-hydrogen) atoms. The van der Waals surface area contributed by atoms with E-state index < -0.39 is 0 Å². The molecule has 0 amide bonds. The molecule has 0 saturated carbocycles. The van der Waals surface area contributed by atoms with Crippen molar-refractivity contribution < 1.29 is 0 Å². The Morgan fingerprint density at radius 2 is 2.07 bits per heavy atom. The van der Waals surface area contributed by atoms with E-state index in [9.17, 15) is 0 Å². The molecule has 2 aliphatic heterocycles. The fourth-order valence-electron chi connectivity index (χ4n) is 2.13. The van der Waals surface area contributed by atoms with Crippen molar-refractivity contribution >= 4 is 28.0 Å². The first-order chi connectivity index (χ1) is 7.18. The Balaban J connectivity index is 2.29. The summed E-state index contributed by atoms with van der Waals surface area (Å²) in [6.07, 6.45) is 0. The molecule has 0 aromatic carbocycles. The van der Waals surface area contributed by atoms with Gasteiger partial charge >= 0.3 is 0 Å². The van der Waals surface area contributed by atoms with E-state index in [1.165, 1.54) is 16.0 Å². The van der Waals surface area contributed by atoms with Gasteiger partial charge in [-0.15, -0.1) is 11.3 Å². The number of aliphatic imine (C=N–C) groups is 2. The van der Waals surface area contributed by atoms with E-state index in [1.54, 1.807) is 11.3 Å². The number of thiophene rings is 1. The van der Waals surface area contributed by atoms with E-state index in [-0.39, 0.29) is 0 Å². The summed E-state index contributed by atoms with van der Waals surface area (Å²) >= 11 is 1.77. The molecule has 3 rings (SSSR count). The number of fused-ring (bicyclic) bond motifs is 3. The molecule has 3 nitrogen and oxygen atoms in total. The molecule has 0 atom stereocenters. The Hall–Kier alpha value is -1.16. The summed E-state index contributed by atoms with van der Waals surface area (Å²) in [6.45, 7) is 8.27. The molecule has 0 saturated heterocycles. The van der Waals surface area contributed by atoms with Crippen LogP contribution in [0.25, 0.3) is 0 Å². The fourth-order valence-corrected chi connectivity index (χ4v) is 3.20. The van der Waals surface area contributed by atoms with Gasteiger partial charge in [0, 0.05) is 11.4 Å². The Morgan fingerprint density at radius 1 is 1.27 bits per heavy atom. The largest absolute Gasteiger partial charge is 0.313 e. The van der Waals surface area contributed by atoms with Crippen LogP contribution in [0.1, 0.15) is 22.9 Å². The summed E-state index contributed by atoms with van der Waals surface area (Å²) in [5.41, 5.74) is 2.61. The van der Waals surface area contributed by atoms with Crippen LogP contribution in [0.15, 0.2) is 9.98 Å². The van der Waals surface area contributed by atoms with Crippen LogP contribution in [-0.4, -0.2) is 29.7 Å². The molecule has 0 spiro atoms. The maximum absolute atomic E-state index is 4.65. The van der Waals surface area contributed by atoms with Crippen LogP contribution in [-0.2, 0) is 0 Å². The molecular weight excluding hydrogens is 206 g/mol. The van der Waals surface area contributed by atoms with Crippen molar-refractivity contribution in [3.8, 4) is 0 Å². The van der Waals surface area contributed by atoms with Crippen LogP contribution in [0.4, 0.5) is 5.00 Å². The van der Waals surface area contributed by atoms with Crippen molar-refractivity contribution in [1.29, 1.82) is 0 Å². The first kappa shape index (κ1) is 9.09. The predicted molar refractivity (Wildman–Crippen MR) is 64.7 cm³/mol. The smallest absolute Gasteiger partial charge is 0.139 e. The second kappa shape index (κ2) is 2.92. The third kappa shape index (κ3) is 1.11. The monoisotopic (exact) mass is 219 g/mol. The first-order valence-corrected chi connectivity index (χ1v) is 5.98. The van der Waals surface area contributed by atoms with Crippen molar-refractivity contribution in [2.24, 2.45) is 9.98 Å². The van der Waals surface area contributed by atoms with E-state index in [0.717, 1.165) is 29.8 Å². The van der Waals surface area contributed by atoms with Crippen LogP contribution in [0.3, 0.4) is 0 Å². The first-order valence-electron chi connectivity index (χ1n) is 5.16. The summed E-state index contributed by atoms with van der Waals surface area (Å²) < 4.78 is 0. The summed E-state index contributed by atoms with van der Waals surface area (Å²) in [4.78, 5) is 12.8. The maximum Gasteiger partial charge on any atom is 0.139 e. The predicted octanol–water partition coefficient (Wildman–Crippen LogP) is 2.49. The van der Waals surface area contributed by atoms with Crippen LogP contribution in [0.5, 0.6) is 0 Å². The van der Waals surface area contributed by atoms with E-state index >= 15 is 0 Å². The van der Waals surface area contributed by atoms with E-state index in [2.05, 4.69) is 35.7 Å². The molecule has 78 valence electrons. The van der Waals surface area contributed by atoms with Crippen molar-refractivity contribution in [1.82, 2.24) is 4.90 Å². The molecule has 2 aliphatic rings. The summed E-state index contributed by atoms with van der Waals surface area (Å²) in [7, 11) is 0. The summed E-state index contributed by atoms with van der Waals surface area (Å²) in [5, 5.41) is 1.14. The number of aryl methyl sites for hydroxylation is 1. The van der Waals surface area contributed by atoms with Crippen molar-refractivity contribution in [2.75, 3.05) is 13.1 Å². The highest BCUT2D eigenvalue weighted by molar-refractivity contribution is 7.16. The molecule has 0 bridgehead atoms. The molecule has 1 aromatic heterocycles. The van der Waals surface area contributed by atoms with Crippen LogP contribution >= 0.6 is 11.3 Å². The SMILES string of the molecule is CC1=Nc2sc(C)c(C)c2C2=NCCN12. The van der Waals surface area contributed by atoms with Gasteiger partial charge in [0.1, 0.15) is 16.7 Å². The molecule has 3 heterocycles. The molecule has 1 aromatic rings. The van der Waals surface area contributed by atoms with Crippen LogP contribution in [0, 0.1) is 13.8 Å². The Morgan fingerprint density at radius 3 is 2.87 bits per heavy atom. The number of nitrogens with zero attached hydrogens (tertiary/aromatic N) is 3. The van der Waals surface area contributed by atoms with Gasteiger partial charge in [-0.05, 0) is 26.3 Å². The molecule has 0 unspecified atom stereocenters. The van der Waals surface area contributed by atoms with Gasteiger partial charge in [-0.2, -0.15) is 0 Å². The van der Waals surface area contributed by atoms with Gasteiger partial charge in [-0.1, -0.05) is 0 Å². The van der Waals surface area contributed by atoms with Crippen LogP contribution in [0.2, 0.25) is 0 Å². The van der Waals surface area contributed by atoms with Gasteiger partial charge in [-0.3, -0.25) is 4.99 Å². The summed E-state index contributed by atoms with van der Waals surface area (Å²) in [6, 6.07) is 0. The van der Waals surface area contributed by atoms with Crippen molar-refractivity contribution in [2.45, 2.75) is 20.8 Å². The maximum atomic E-state index is 4.65. The third-order valence-corrected chi connectivity index (χ3v) is 4.19. The standard InChI is InChI=1S/C11H13N3S/c1-6-7(2)15-11-9(6)10-12-4-5-14(10)8(3)13-11/h4-5H2,1-3H3. The van der Waals surface area contributed by atoms with E-state index in [4.69, 9.17) is 0 Å². The summed E-state index contributed by atoms with van der Waals surface area (Å²) in [5.74, 6) is 2.22. The lowest BCUT2D eigenvalue weighted by molar-refractivity contribution is 0.658. The average molecular weight is 219 g/mol. The van der Waals surface area contributed by atoms with Crippen LogP contribution < -0.4 is 0 Å². The zero-order chi connectivity index (χ0) is 10.6. The molecule has 0 N–H and O–H groups in total. The highest BCUT2D eigenvalue weighted by Crippen LogP contribution is 2.39. The number of hydrogen-bond donors (Lipinski definition) is 0. The second-order valence-electron chi connectivity index (χ2n) is 3.98. The molecular formula is C11H13N3S. The Bertz CT molecular complexity index is 496. The van der Waals surface area contributed by atoms with E-state index in [0.29, 0.717) is 0 Å². The molecule has 4 heteroatoms. The lowest BCUT2D eigenvalue weighted by Gasteiger charge is -2.24. The minimum absolute atomic E-state index is 0.899. The molecule has 0 aliphatic carbocycles. The van der Waals surface area contributed by atoms with Gasteiger partial charge in [0.25, 0.3) is 0 Å².